The zero-order valence-electron chi connectivity index (χ0n) is 11.5. The van der Waals surface area contributed by atoms with E-state index in [0.29, 0.717) is 19.2 Å². The van der Waals surface area contributed by atoms with Gasteiger partial charge in [0.1, 0.15) is 5.82 Å². The predicted molar refractivity (Wildman–Crippen MR) is 68.8 cm³/mol. The number of nitrogens with zero attached hydrogens (tertiary/aromatic N) is 1. The Morgan fingerprint density at radius 3 is 2.60 bits per heavy atom. The molecular formula is C14H18F4N2. The summed E-state index contributed by atoms with van der Waals surface area (Å²) in [6, 6.07) is 2.88. The van der Waals surface area contributed by atoms with E-state index in [-0.39, 0.29) is 17.6 Å². The molecule has 112 valence electrons. The zero-order valence-corrected chi connectivity index (χ0v) is 11.5. The van der Waals surface area contributed by atoms with E-state index in [1.807, 2.05) is 18.7 Å². The highest BCUT2D eigenvalue weighted by molar-refractivity contribution is 5.30. The van der Waals surface area contributed by atoms with Crippen molar-refractivity contribution in [2.45, 2.75) is 32.1 Å². The Kier molecular flexibility index (Phi) is 4.07. The molecule has 6 heteroatoms. The predicted octanol–water partition coefficient (Wildman–Crippen LogP) is 3.03. The van der Waals surface area contributed by atoms with Crippen LogP contribution in [-0.4, -0.2) is 30.1 Å². The molecule has 0 bridgehead atoms. The van der Waals surface area contributed by atoms with Crippen LogP contribution in [0, 0.1) is 5.82 Å². The smallest absolute Gasteiger partial charge is 0.309 e. The Morgan fingerprint density at radius 2 is 2.00 bits per heavy atom. The minimum absolute atomic E-state index is 0.122. The second-order valence-electron chi connectivity index (χ2n) is 5.82. The van der Waals surface area contributed by atoms with E-state index >= 15 is 0 Å². The average Bonchev–Trinajstić information content (AvgIpc) is 2.29. The zero-order chi connectivity index (χ0) is 15.0. The summed E-state index contributed by atoms with van der Waals surface area (Å²) >= 11 is 0. The van der Waals surface area contributed by atoms with Crippen molar-refractivity contribution in [3.8, 4) is 0 Å². The van der Waals surface area contributed by atoms with Gasteiger partial charge in [-0.05, 0) is 31.5 Å². The lowest BCUT2D eigenvalue weighted by molar-refractivity contribution is -0.138. The molecule has 2 rings (SSSR count). The van der Waals surface area contributed by atoms with E-state index in [1.54, 1.807) is 0 Å². The summed E-state index contributed by atoms with van der Waals surface area (Å²) in [5.41, 5.74) is -0.887. The lowest BCUT2D eigenvalue weighted by Gasteiger charge is -2.39. The van der Waals surface area contributed by atoms with Crippen LogP contribution in [0.3, 0.4) is 0 Å². The summed E-state index contributed by atoms with van der Waals surface area (Å²) in [7, 11) is 0. The molecule has 1 aliphatic rings. The fourth-order valence-electron chi connectivity index (χ4n) is 2.57. The lowest BCUT2D eigenvalue weighted by Crippen LogP contribution is -2.56. The summed E-state index contributed by atoms with van der Waals surface area (Å²) in [6.07, 6.45) is -4.53. The van der Waals surface area contributed by atoms with Crippen LogP contribution in [0.15, 0.2) is 18.2 Å². The van der Waals surface area contributed by atoms with Crippen molar-refractivity contribution in [2.24, 2.45) is 0 Å². The Morgan fingerprint density at radius 1 is 1.30 bits per heavy atom. The minimum Gasteiger partial charge on any atom is -0.309 e. The molecule has 0 amide bonds. The summed E-state index contributed by atoms with van der Waals surface area (Å²) in [5.74, 6) is -0.860. The number of hydrogen-bond donors (Lipinski definition) is 1. The van der Waals surface area contributed by atoms with Crippen LogP contribution in [0.1, 0.15) is 25.0 Å². The summed E-state index contributed by atoms with van der Waals surface area (Å²) < 4.78 is 51.9. The van der Waals surface area contributed by atoms with Crippen LogP contribution in [0.2, 0.25) is 0 Å². The Labute approximate surface area is 115 Å². The van der Waals surface area contributed by atoms with Gasteiger partial charge >= 0.3 is 6.18 Å². The maximum Gasteiger partial charge on any atom is 0.416 e. The standard InChI is InChI=1S/C14H18F4N2/c1-13(2)9-20(6-5-19-13)8-10-3-4-11(15)7-12(10)14(16,17)18/h3-4,7,19H,5-6,8-9H2,1-2H3. The molecule has 1 N–H and O–H groups in total. The second-order valence-corrected chi connectivity index (χ2v) is 5.82. The van der Waals surface area contributed by atoms with Crippen LogP contribution in [0.5, 0.6) is 0 Å². The minimum atomic E-state index is -4.53. The highest BCUT2D eigenvalue weighted by Gasteiger charge is 2.35. The van der Waals surface area contributed by atoms with Crippen LogP contribution >= 0.6 is 0 Å². The molecule has 0 aliphatic carbocycles. The van der Waals surface area contributed by atoms with Gasteiger partial charge in [0, 0.05) is 31.7 Å². The molecule has 0 spiro atoms. The number of nitrogens with one attached hydrogen (secondary N) is 1. The summed E-state index contributed by atoms with van der Waals surface area (Å²) in [5, 5.41) is 3.30. The first kappa shape index (κ1) is 15.3. The number of hydrogen-bond acceptors (Lipinski definition) is 2. The molecule has 1 saturated heterocycles. The van der Waals surface area contributed by atoms with Gasteiger partial charge in [0.15, 0.2) is 0 Å². The van der Waals surface area contributed by atoms with E-state index in [2.05, 4.69) is 5.32 Å². The van der Waals surface area contributed by atoms with E-state index in [1.165, 1.54) is 6.07 Å². The van der Waals surface area contributed by atoms with Gasteiger partial charge in [-0.3, -0.25) is 4.90 Å². The number of piperazine rings is 1. The van der Waals surface area contributed by atoms with Gasteiger partial charge < -0.3 is 5.32 Å². The van der Waals surface area contributed by atoms with Gasteiger partial charge in [-0.1, -0.05) is 6.07 Å². The quantitative estimate of drug-likeness (QED) is 0.842. The molecule has 0 aromatic heterocycles. The average molecular weight is 290 g/mol. The summed E-state index contributed by atoms with van der Waals surface area (Å²) in [6.45, 7) is 6.26. The third kappa shape index (κ3) is 3.70. The van der Waals surface area contributed by atoms with Crippen molar-refractivity contribution in [2.75, 3.05) is 19.6 Å². The van der Waals surface area contributed by atoms with Gasteiger partial charge in [-0.15, -0.1) is 0 Å². The first-order valence-electron chi connectivity index (χ1n) is 6.50. The molecule has 0 saturated carbocycles. The Hall–Kier alpha value is -1.14. The van der Waals surface area contributed by atoms with E-state index in [4.69, 9.17) is 0 Å². The number of halogens is 4. The van der Waals surface area contributed by atoms with Crippen LogP contribution in [0.4, 0.5) is 17.6 Å². The monoisotopic (exact) mass is 290 g/mol. The molecule has 1 aromatic carbocycles. The molecule has 1 fully saturated rings. The molecule has 0 unspecified atom stereocenters. The largest absolute Gasteiger partial charge is 0.416 e. The Bertz CT molecular complexity index is 483. The third-order valence-corrected chi connectivity index (χ3v) is 3.42. The third-order valence-electron chi connectivity index (χ3n) is 3.42. The highest BCUT2D eigenvalue weighted by atomic mass is 19.4. The van der Waals surface area contributed by atoms with Crippen molar-refractivity contribution in [3.63, 3.8) is 0 Å². The molecule has 1 heterocycles. The van der Waals surface area contributed by atoms with Crippen LogP contribution in [0.25, 0.3) is 0 Å². The van der Waals surface area contributed by atoms with E-state index < -0.39 is 17.6 Å². The molecule has 0 atom stereocenters. The summed E-state index contributed by atoms with van der Waals surface area (Å²) in [4.78, 5) is 1.96. The second kappa shape index (κ2) is 5.33. The molecule has 0 radical (unpaired) electrons. The molecular weight excluding hydrogens is 272 g/mol. The maximum absolute atomic E-state index is 13.1. The number of benzene rings is 1. The topological polar surface area (TPSA) is 15.3 Å². The SMILES string of the molecule is CC1(C)CN(Cc2ccc(F)cc2C(F)(F)F)CCN1. The van der Waals surface area contributed by atoms with Gasteiger partial charge in [-0.2, -0.15) is 13.2 Å². The van der Waals surface area contributed by atoms with Crippen molar-refractivity contribution in [3.05, 3.63) is 35.1 Å². The van der Waals surface area contributed by atoms with Gasteiger partial charge in [0.05, 0.1) is 5.56 Å². The molecule has 2 nitrogen and oxygen atoms in total. The van der Waals surface area contributed by atoms with Gasteiger partial charge in [0.2, 0.25) is 0 Å². The van der Waals surface area contributed by atoms with Crippen LogP contribution < -0.4 is 5.32 Å². The van der Waals surface area contributed by atoms with E-state index in [0.717, 1.165) is 12.6 Å². The van der Waals surface area contributed by atoms with Crippen molar-refractivity contribution < 1.29 is 17.6 Å². The van der Waals surface area contributed by atoms with Crippen LogP contribution in [-0.2, 0) is 12.7 Å². The van der Waals surface area contributed by atoms with Crippen molar-refractivity contribution >= 4 is 0 Å². The van der Waals surface area contributed by atoms with Crippen molar-refractivity contribution in [1.29, 1.82) is 0 Å². The fourth-order valence-corrected chi connectivity index (χ4v) is 2.57. The van der Waals surface area contributed by atoms with E-state index in [9.17, 15) is 17.6 Å². The molecule has 1 aromatic rings. The van der Waals surface area contributed by atoms with Gasteiger partial charge in [0.25, 0.3) is 0 Å². The molecule has 1 aliphatic heterocycles. The normalized spacial score (nSPS) is 20.1. The van der Waals surface area contributed by atoms with Crippen molar-refractivity contribution in [1.82, 2.24) is 10.2 Å². The lowest BCUT2D eigenvalue weighted by atomic mass is 10.0. The fraction of sp³-hybridized carbons (Fsp3) is 0.571. The first-order chi connectivity index (χ1) is 9.17. The first-order valence-corrected chi connectivity index (χ1v) is 6.50. The Balaban J connectivity index is 2.21. The molecule has 20 heavy (non-hydrogen) atoms. The maximum atomic E-state index is 13.1. The highest BCUT2D eigenvalue weighted by Crippen LogP contribution is 2.33. The number of alkyl halides is 3. The van der Waals surface area contributed by atoms with Gasteiger partial charge in [-0.25, -0.2) is 4.39 Å². The number of rotatable bonds is 2.